The number of amides is 1. The average Bonchev–Trinajstić information content (AvgIpc) is 2.88. The van der Waals surface area contributed by atoms with Crippen LogP contribution in [-0.4, -0.2) is 40.2 Å². The molecule has 120 valence electrons. The van der Waals surface area contributed by atoms with E-state index in [1.165, 1.54) is 11.8 Å². The Morgan fingerprint density at radius 2 is 2.00 bits per heavy atom. The second-order valence-electron chi connectivity index (χ2n) is 5.78. The van der Waals surface area contributed by atoms with Crippen molar-refractivity contribution in [2.75, 3.05) is 11.5 Å². The second kappa shape index (κ2) is 6.06. The maximum atomic E-state index is 12.8. The highest BCUT2D eigenvalue weighted by Gasteiger charge is 2.47. The Labute approximate surface area is 124 Å². The molecule has 0 spiro atoms. The van der Waals surface area contributed by atoms with Gasteiger partial charge in [-0.25, -0.2) is 4.79 Å². The van der Waals surface area contributed by atoms with E-state index in [0.717, 1.165) is 0 Å². The fourth-order valence-corrected chi connectivity index (χ4v) is 4.27. The van der Waals surface area contributed by atoms with E-state index in [2.05, 4.69) is 5.32 Å². The van der Waals surface area contributed by atoms with Crippen LogP contribution in [0.4, 0.5) is 13.2 Å². The Balaban J connectivity index is 2.01. The monoisotopic (exact) mass is 325 g/mol. The lowest BCUT2D eigenvalue weighted by atomic mass is 9.80. The molecule has 1 aliphatic carbocycles. The van der Waals surface area contributed by atoms with Crippen molar-refractivity contribution in [3.8, 4) is 0 Å². The largest absolute Gasteiger partial charge is 0.479 e. The molecule has 4 nitrogen and oxygen atoms in total. The van der Waals surface area contributed by atoms with Gasteiger partial charge in [0.05, 0.1) is 5.92 Å². The Kier molecular flexibility index (Phi) is 4.75. The molecule has 1 saturated heterocycles. The number of carbonyl (C=O) groups excluding carboxylic acids is 1. The SMILES string of the molecule is O=C(NC1(C(=O)O)CCSC1)C1CCCC(C(F)(F)F)C1. The van der Waals surface area contributed by atoms with Gasteiger partial charge in [-0.3, -0.25) is 4.79 Å². The fourth-order valence-electron chi connectivity index (χ4n) is 2.95. The lowest BCUT2D eigenvalue weighted by molar-refractivity contribution is -0.186. The van der Waals surface area contributed by atoms with Crippen molar-refractivity contribution in [2.24, 2.45) is 11.8 Å². The number of carbonyl (C=O) groups is 2. The molecule has 21 heavy (non-hydrogen) atoms. The molecule has 8 heteroatoms. The van der Waals surface area contributed by atoms with Crippen LogP contribution in [0.25, 0.3) is 0 Å². The highest BCUT2D eigenvalue weighted by atomic mass is 32.2. The first kappa shape index (κ1) is 16.5. The number of rotatable bonds is 3. The summed E-state index contributed by atoms with van der Waals surface area (Å²) < 4.78 is 38.3. The molecule has 1 aliphatic heterocycles. The molecule has 3 unspecified atom stereocenters. The van der Waals surface area contributed by atoms with Crippen LogP contribution in [0, 0.1) is 11.8 Å². The van der Waals surface area contributed by atoms with E-state index in [9.17, 15) is 27.9 Å². The first-order chi connectivity index (χ1) is 9.74. The van der Waals surface area contributed by atoms with Crippen molar-refractivity contribution in [3.05, 3.63) is 0 Å². The molecule has 1 saturated carbocycles. The van der Waals surface area contributed by atoms with E-state index in [-0.39, 0.29) is 18.6 Å². The Morgan fingerprint density at radius 3 is 2.52 bits per heavy atom. The van der Waals surface area contributed by atoms with Gasteiger partial charge in [-0.2, -0.15) is 24.9 Å². The van der Waals surface area contributed by atoms with E-state index < -0.39 is 35.4 Å². The first-order valence-electron chi connectivity index (χ1n) is 6.94. The lowest BCUT2D eigenvalue weighted by Gasteiger charge is -2.32. The van der Waals surface area contributed by atoms with Gasteiger partial charge in [0.2, 0.25) is 5.91 Å². The van der Waals surface area contributed by atoms with Gasteiger partial charge in [0.15, 0.2) is 0 Å². The van der Waals surface area contributed by atoms with Crippen molar-refractivity contribution in [3.63, 3.8) is 0 Å². The summed E-state index contributed by atoms with van der Waals surface area (Å²) >= 11 is 1.43. The molecule has 0 radical (unpaired) electrons. The van der Waals surface area contributed by atoms with Gasteiger partial charge in [-0.15, -0.1) is 0 Å². The number of hydrogen-bond donors (Lipinski definition) is 2. The van der Waals surface area contributed by atoms with Gasteiger partial charge in [-0.1, -0.05) is 6.42 Å². The van der Waals surface area contributed by atoms with Crippen molar-refractivity contribution >= 4 is 23.6 Å². The molecule has 1 amide bonds. The summed E-state index contributed by atoms with van der Waals surface area (Å²) in [5, 5.41) is 11.8. The molecule has 2 fully saturated rings. The molecule has 0 aromatic carbocycles. The average molecular weight is 325 g/mol. The van der Waals surface area contributed by atoms with Gasteiger partial charge in [0.25, 0.3) is 0 Å². The van der Waals surface area contributed by atoms with Gasteiger partial charge in [-0.05, 0) is 31.4 Å². The molecule has 2 N–H and O–H groups in total. The van der Waals surface area contributed by atoms with Crippen molar-refractivity contribution < 1.29 is 27.9 Å². The van der Waals surface area contributed by atoms with Crippen LogP contribution in [0.2, 0.25) is 0 Å². The van der Waals surface area contributed by atoms with E-state index in [0.29, 0.717) is 25.0 Å². The van der Waals surface area contributed by atoms with Gasteiger partial charge < -0.3 is 10.4 Å². The number of nitrogens with one attached hydrogen (secondary N) is 1. The zero-order valence-corrected chi connectivity index (χ0v) is 12.2. The minimum Gasteiger partial charge on any atom is -0.479 e. The highest BCUT2D eigenvalue weighted by molar-refractivity contribution is 7.99. The van der Waals surface area contributed by atoms with Crippen LogP contribution in [-0.2, 0) is 9.59 Å². The topological polar surface area (TPSA) is 66.4 Å². The third kappa shape index (κ3) is 3.64. The Morgan fingerprint density at radius 1 is 1.29 bits per heavy atom. The van der Waals surface area contributed by atoms with Gasteiger partial charge in [0.1, 0.15) is 5.54 Å². The van der Waals surface area contributed by atoms with Crippen LogP contribution in [0.1, 0.15) is 32.1 Å². The maximum Gasteiger partial charge on any atom is 0.391 e. The third-order valence-corrected chi connectivity index (χ3v) is 5.49. The highest BCUT2D eigenvalue weighted by Crippen LogP contribution is 2.40. The molecule has 2 rings (SSSR count). The molecular formula is C13H18F3NO3S. The van der Waals surface area contributed by atoms with E-state index in [1.807, 2.05) is 0 Å². The van der Waals surface area contributed by atoms with Crippen LogP contribution in [0.3, 0.4) is 0 Å². The molecule has 0 aromatic heterocycles. The predicted molar refractivity (Wildman–Crippen MR) is 72.0 cm³/mol. The number of alkyl halides is 3. The minimum absolute atomic E-state index is 0.0488. The number of hydrogen-bond acceptors (Lipinski definition) is 3. The summed E-state index contributed by atoms with van der Waals surface area (Å²) in [6.07, 6.45) is -3.43. The summed E-state index contributed by atoms with van der Waals surface area (Å²) in [6.45, 7) is 0. The zero-order valence-electron chi connectivity index (χ0n) is 11.4. The number of thioether (sulfide) groups is 1. The maximum absolute atomic E-state index is 12.8. The first-order valence-corrected chi connectivity index (χ1v) is 8.10. The van der Waals surface area contributed by atoms with Crippen molar-refractivity contribution in [1.82, 2.24) is 5.32 Å². The minimum atomic E-state index is -4.29. The Bertz CT molecular complexity index is 421. The third-order valence-electron chi connectivity index (χ3n) is 4.30. The number of carboxylic acids is 1. The van der Waals surface area contributed by atoms with Crippen LogP contribution in [0.5, 0.6) is 0 Å². The Hall–Kier alpha value is -0.920. The smallest absolute Gasteiger partial charge is 0.391 e. The van der Waals surface area contributed by atoms with Crippen molar-refractivity contribution in [2.45, 2.75) is 43.8 Å². The van der Waals surface area contributed by atoms with E-state index in [1.54, 1.807) is 0 Å². The number of aliphatic carboxylic acids is 1. The van der Waals surface area contributed by atoms with Crippen molar-refractivity contribution in [1.29, 1.82) is 0 Å². The summed E-state index contributed by atoms with van der Waals surface area (Å²) in [6, 6.07) is 0. The van der Waals surface area contributed by atoms with Gasteiger partial charge >= 0.3 is 12.1 Å². The van der Waals surface area contributed by atoms with Gasteiger partial charge in [0, 0.05) is 11.7 Å². The quantitative estimate of drug-likeness (QED) is 0.836. The summed E-state index contributed by atoms with van der Waals surface area (Å²) in [5.74, 6) is -2.96. The summed E-state index contributed by atoms with van der Waals surface area (Å²) in [7, 11) is 0. The standard InChI is InChI=1S/C13H18F3NO3S/c14-13(15,16)9-3-1-2-8(6-9)10(18)17-12(11(19)20)4-5-21-7-12/h8-9H,1-7H2,(H,17,18)(H,19,20). The normalized spacial score (nSPS) is 33.7. The molecular weight excluding hydrogens is 307 g/mol. The van der Waals surface area contributed by atoms with Crippen LogP contribution < -0.4 is 5.32 Å². The van der Waals surface area contributed by atoms with Crippen LogP contribution >= 0.6 is 11.8 Å². The summed E-state index contributed by atoms with van der Waals surface area (Å²) in [5.41, 5.74) is -1.31. The van der Waals surface area contributed by atoms with E-state index in [4.69, 9.17) is 0 Å². The molecule has 0 bridgehead atoms. The molecule has 3 atom stereocenters. The zero-order chi connectivity index (χ0) is 15.7. The fraction of sp³-hybridized carbons (Fsp3) is 0.846. The molecule has 0 aromatic rings. The molecule has 2 aliphatic rings. The number of halogens is 3. The molecule has 1 heterocycles. The van der Waals surface area contributed by atoms with E-state index >= 15 is 0 Å². The van der Waals surface area contributed by atoms with Crippen LogP contribution in [0.15, 0.2) is 0 Å². The summed E-state index contributed by atoms with van der Waals surface area (Å²) in [4.78, 5) is 23.5. The number of carboxylic acid groups (broad SMARTS) is 1. The second-order valence-corrected chi connectivity index (χ2v) is 6.89. The lowest BCUT2D eigenvalue weighted by Crippen LogP contribution is -2.56. The predicted octanol–water partition coefficient (Wildman–Crippen LogP) is 2.43.